The van der Waals surface area contributed by atoms with Gasteiger partial charge in [-0.05, 0) is 40.2 Å². The third-order valence-electron chi connectivity index (χ3n) is 2.71. The standard InChI is InChI=1S/C13H9Br2NS/c14-9-6-10(17-8-9)7-16-5-4-11-12(15)2-1-3-13(11)16/h1-6,8H,7H2. The van der Waals surface area contributed by atoms with Crippen LogP contribution in [0.3, 0.4) is 0 Å². The van der Waals surface area contributed by atoms with Crippen molar-refractivity contribution in [2.24, 2.45) is 0 Å². The van der Waals surface area contributed by atoms with Gasteiger partial charge in [0.2, 0.25) is 0 Å². The van der Waals surface area contributed by atoms with Crippen LogP contribution < -0.4 is 0 Å². The molecular formula is C13H9Br2NS. The van der Waals surface area contributed by atoms with Gasteiger partial charge in [-0.15, -0.1) is 11.3 Å². The predicted octanol–water partition coefficient (Wildman–Crippen LogP) is 5.28. The maximum Gasteiger partial charge on any atom is 0.0569 e. The van der Waals surface area contributed by atoms with E-state index in [2.05, 4.69) is 78.3 Å². The first-order valence-corrected chi connectivity index (χ1v) is 7.67. The van der Waals surface area contributed by atoms with Gasteiger partial charge in [0, 0.05) is 36.3 Å². The SMILES string of the molecule is Brc1csc(Cn2ccc3c(Br)cccc32)c1. The van der Waals surface area contributed by atoms with Gasteiger partial charge in [0.25, 0.3) is 0 Å². The summed E-state index contributed by atoms with van der Waals surface area (Å²) in [4.78, 5) is 1.36. The molecule has 0 fully saturated rings. The van der Waals surface area contributed by atoms with Crippen molar-refractivity contribution in [3.05, 3.63) is 55.7 Å². The number of halogens is 2. The second-order valence-corrected chi connectivity index (χ2v) is 6.61. The lowest BCUT2D eigenvalue weighted by atomic mass is 10.2. The Bertz CT molecular complexity index is 669. The van der Waals surface area contributed by atoms with E-state index in [1.807, 2.05) is 0 Å². The molecule has 0 spiro atoms. The molecule has 0 aliphatic rings. The lowest BCUT2D eigenvalue weighted by Crippen LogP contribution is -1.95. The summed E-state index contributed by atoms with van der Waals surface area (Å²) < 4.78 is 4.59. The molecule has 3 aromatic rings. The molecule has 1 aromatic carbocycles. The van der Waals surface area contributed by atoms with Gasteiger partial charge in [-0.1, -0.05) is 22.0 Å². The van der Waals surface area contributed by atoms with Crippen molar-refractivity contribution in [1.29, 1.82) is 0 Å². The van der Waals surface area contributed by atoms with Crippen molar-refractivity contribution in [3.8, 4) is 0 Å². The smallest absolute Gasteiger partial charge is 0.0569 e. The number of rotatable bonds is 2. The number of hydrogen-bond donors (Lipinski definition) is 0. The molecule has 0 radical (unpaired) electrons. The third kappa shape index (κ3) is 2.21. The first-order chi connectivity index (χ1) is 8.24. The minimum atomic E-state index is 0.927. The summed E-state index contributed by atoms with van der Waals surface area (Å²) in [6, 6.07) is 10.6. The third-order valence-corrected chi connectivity index (χ3v) is 5.08. The zero-order chi connectivity index (χ0) is 11.8. The largest absolute Gasteiger partial charge is 0.342 e. The molecule has 0 amide bonds. The average molecular weight is 371 g/mol. The van der Waals surface area contributed by atoms with Gasteiger partial charge in [-0.25, -0.2) is 0 Å². The van der Waals surface area contributed by atoms with Crippen molar-refractivity contribution in [1.82, 2.24) is 4.57 Å². The molecule has 17 heavy (non-hydrogen) atoms. The van der Waals surface area contributed by atoms with Gasteiger partial charge in [0.05, 0.1) is 6.54 Å². The fraction of sp³-hybridized carbons (Fsp3) is 0.0769. The van der Waals surface area contributed by atoms with E-state index in [1.165, 1.54) is 15.8 Å². The molecule has 0 aliphatic heterocycles. The molecule has 2 heterocycles. The van der Waals surface area contributed by atoms with E-state index in [9.17, 15) is 0 Å². The van der Waals surface area contributed by atoms with Crippen LogP contribution >= 0.6 is 43.2 Å². The van der Waals surface area contributed by atoms with E-state index in [0.29, 0.717) is 0 Å². The Morgan fingerprint density at radius 2 is 2.06 bits per heavy atom. The molecule has 0 saturated heterocycles. The molecule has 0 bridgehead atoms. The normalized spacial score (nSPS) is 11.2. The van der Waals surface area contributed by atoms with Crippen LogP contribution in [-0.4, -0.2) is 4.57 Å². The summed E-state index contributed by atoms with van der Waals surface area (Å²) in [6.45, 7) is 0.927. The van der Waals surface area contributed by atoms with Crippen LogP contribution in [0.1, 0.15) is 4.88 Å². The highest BCUT2D eigenvalue weighted by Gasteiger charge is 2.05. The van der Waals surface area contributed by atoms with Crippen molar-refractivity contribution in [3.63, 3.8) is 0 Å². The fourth-order valence-corrected chi connectivity index (χ4v) is 3.87. The van der Waals surface area contributed by atoms with E-state index < -0.39 is 0 Å². The monoisotopic (exact) mass is 369 g/mol. The van der Waals surface area contributed by atoms with Crippen LogP contribution in [0.4, 0.5) is 0 Å². The lowest BCUT2D eigenvalue weighted by molar-refractivity contribution is 0.851. The summed E-state index contributed by atoms with van der Waals surface area (Å²) in [5.74, 6) is 0. The Morgan fingerprint density at radius 3 is 2.82 bits per heavy atom. The maximum atomic E-state index is 3.58. The Balaban J connectivity index is 2.04. The Morgan fingerprint density at radius 1 is 1.18 bits per heavy atom. The molecule has 86 valence electrons. The fourth-order valence-electron chi connectivity index (χ4n) is 1.93. The molecule has 0 unspecified atom stereocenters. The Kier molecular flexibility index (Phi) is 3.11. The second kappa shape index (κ2) is 4.59. The quantitative estimate of drug-likeness (QED) is 0.578. The molecule has 3 rings (SSSR count). The highest BCUT2D eigenvalue weighted by molar-refractivity contribution is 9.11. The molecule has 1 nitrogen and oxygen atoms in total. The van der Waals surface area contributed by atoms with Crippen molar-refractivity contribution >= 4 is 54.1 Å². The van der Waals surface area contributed by atoms with E-state index in [4.69, 9.17) is 0 Å². The van der Waals surface area contributed by atoms with Gasteiger partial charge in [-0.3, -0.25) is 0 Å². The lowest BCUT2D eigenvalue weighted by Gasteiger charge is -2.03. The highest BCUT2D eigenvalue weighted by Crippen LogP contribution is 2.27. The van der Waals surface area contributed by atoms with E-state index in [0.717, 1.165) is 15.5 Å². The number of fused-ring (bicyclic) bond motifs is 1. The molecule has 2 aromatic heterocycles. The zero-order valence-electron chi connectivity index (χ0n) is 8.86. The Hall–Kier alpha value is -0.580. The molecule has 4 heteroatoms. The summed E-state index contributed by atoms with van der Waals surface area (Å²) in [6.07, 6.45) is 2.14. The topological polar surface area (TPSA) is 4.93 Å². The van der Waals surface area contributed by atoms with Crippen molar-refractivity contribution < 1.29 is 0 Å². The molecule has 0 N–H and O–H groups in total. The molecule has 0 saturated carbocycles. The first kappa shape index (κ1) is 11.5. The predicted molar refractivity (Wildman–Crippen MR) is 80.8 cm³/mol. The maximum absolute atomic E-state index is 3.58. The summed E-state index contributed by atoms with van der Waals surface area (Å²) in [7, 11) is 0. The van der Waals surface area contributed by atoms with Crippen LogP contribution in [0, 0.1) is 0 Å². The number of nitrogens with zero attached hydrogens (tertiary/aromatic N) is 1. The van der Waals surface area contributed by atoms with Crippen molar-refractivity contribution in [2.45, 2.75) is 6.54 Å². The Labute approximate surface area is 120 Å². The van der Waals surface area contributed by atoms with Crippen LogP contribution in [0.15, 0.2) is 50.9 Å². The summed E-state index contributed by atoms with van der Waals surface area (Å²) in [5, 5.41) is 3.39. The van der Waals surface area contributed by atoms with E-state index >= 15 is 0 Å². The molecular weight excluding hydrogens is 362 g/mol. The zero-order valence-corrected chi connectivity index (χ0v) is 12.8. The number of aromatic nitrogens is 1. The highest BCUT2D eigenvalue weighted by atomic mass is 79.9. The first-order valence-electron chi connectivity index (χ1n) is 5.20. The number of hydrogen-bond acceptors (Lipinski definition) is 1. The van der Waals surface area contributed by atoms with Gasteiger partial charge in [0.15, 0.2) is 0 Å². The minimum Gasteiger partial charge on any atom is -0.342 e. The van der Waals surface area contributed by atoms with E-state index in [-0.39, 0.29) is 0 Å². The van der Waals surface area contributed by atoms with Crippen LogP contribution in [0.2, 0.25) is 0 Å². The van der Waals surface area contributed by atoms with Gasteiger partial charge in [-0.2, -0.15) is 0 Å². The van der Waals surface area contributed by atoms with Crippen molar-refractivity contribution in [2.75, 3.05) is 0 Å². The molecule has 0 atom stereocenters. The van der Waals surface area contributed by atoms with Crippen LogP contribution in [0.25, 0.3) is 10.9 Å². The average Bonchev–Trinajstić information content (AvgIpc) is 2.88. The number of benzene rings is 1. The second-order valence-electron chi connectivity index (χ2n) is 3.85. The minimum absolute atomic E-state index is 0.927. The van der Waals surface area contributed by atoms with Gasteiger partial charge in [0.1, 0.15) is 0 Å². The summed E-state index contributed by atoms with van der Waals surface area (Å²) >= 11 is 8.85. The number of thiophene rings is 1. The van der Waals surface area contributed by atoms with Gasteiger partial charge < -0.3 is 4.57 Å². The van der Waals surface area contributed by atoms with Crippen LogP contribution in [0.5, 0.6) is 0 Å². The summed E-state index contributed by atoms with van der Waals surface area (Å²) in [5.41, 5.74) is 1.27. The van der Waals surface area contributed by atoms with Gasteiger partial charge >= 0.3 is 0 Å². The van der Waals surface area contributed by atoms with Crippen LogP contribution in [-0.2, 0) is 6.54 Å². The molecule has 0 aliphatic carbocycles. The van der Waals surface area contributed by atoms with E-state index in [1.54, 1.807) is 11.3 Å².